The summed E-state index contributed by atoms with van der Waals surface area (Å²) in [7, 11) is 0. The third-order valence-corrected chi connectivity index (χ3v) is 2.47. The lowest BCUT2D eigenvalue weighted by molar-refractivity contribution is -0.114. The van der Waals surface area contributed by atoms with Crippen LogP contribution in [-0.4, -0.2) is 5.78 Å². The lowest BCUT2D eigenvalue weighted by atomic mass is 9.99. The molecule has 0 saturated heterocycles. The van der Waals surface area contributed by atoms with Crippen molar-refractivity contribution < 1.29 is 4.79 Å². The van der Waals surface area contributed by atoms with Gasteiger partial charge in [0.15, 0.2) is 5.78 Å². The maximum atomic E-state index is 11.5. The van der Waals surface area contributed by atoms with E-state index < -0.39 is 0 Å². The molecule has 0 heterocycles. The number of hydrogen-bond acceptors (Lipinski definition) is 2. The zero-order chi connectivity index (χ0) is 11.4. The molecule has 0 aliphatic carbocycles. The van der Waals surface area contributed by atoms with Gasteiger partial charge in [0.05, 0.1) is 0 Å². The fraction of sp³-hybridized carbons (Fsp3) is 0.308. The van der Waals surface area contributed by atoms with Crippen LogP contribution in [0.25, 0.3) is 0 Å². The van der Waals surface area contributed by atoms with Gasteiger partial charge in [0.2, 0.25) is 0 Å². The van der Waals surface area contributed by atoms with E-state index in [2.05, 4.69) is 0 Å². The minimum absolute atomic E-state index is 0.0590. The molecule has 15 heavy (non-hydrogen) atoms. The summed E-state index contributed by atoms with van der Waals surface area (Å²) in [6.45, 7) is 5.81. The van der Waals surface area contributed by atoms with E-state index in [1.807, 2.05) is 32.0 Å². The molecule has 2 nitrogen and oxygen atoms in total. The number of aryl methyl sites for hydroxylation is 1. The Kier molecular flexibility index (Phi) is 3.67. The highest BCUT2D eigenvalue weighted by molar-refractivity contribution is 5.92. The Hall–Kier alpha value is -1.57. The van der Waals surface area contributed by atoms with Crippen LogP contribution < -0.4 is 5.73 Å². The molecule has 0 bridgehead atoms. The van der Waals surface area contributed by atoms with Gasteiger partial charge in [0.25, 0.3) is 0 Å². The van der Waals surface area contributed by atoms with Crippen molar-refractivity contribution in [2.75, 3.05) is 0 Å². The number of rotatable bonds is 3. The fourth-order valence-electron chi connectivity index (χ4n) is 1.50. The van der Waals surface area contributed by atoms with Crippen molar-refractivity contribution in [3.63, 3.8) is 0 Å². The van der Waals surface area contributed by atoms with Crippen molar-refractivity contribution in [1.29, 1.82) is 0 Å². The monoisotopic (exact) mass is 203 g/mol. The highest BCUT2D eigenvalue weighted by Gasteiger charge is 2.04. The van der Waals surface area contributed by atoms with E-state index in [9.17, 15) is 4.79 Å². The van der Waals surface area contributed by atoms with Crippen LogP contribution in [-0.2, 0) is 11.2 Å². The Labute approximate surface area is 90.8 Å². The van der Waals surface area contributed by atoms with E-state index in [1.165, 1.54) is 17.2 Å². The molecule has 0 aromatic heterocycles. The van der Waals surface area contributed by atoms with Crippen LogP contribution in [0.1, 0.15) is 23.6 Å². The average molecular weight is 203 g/mol. The van der Waals surface area contributed by atoms with Gasteiger partial charge in [-0.3, -0.25) is 4.79 Å². The third-order valence-electron chi connectivity index (χ3n) is 2.47. The predicted octanol–water partition coefficient (Wildman–Crippen LogP) is 2.28. The number of benzene rings is 1. The SMILES string of the molecule is C/C(N)=C/C(=O)Cc1cccc(C)c1C. The van der Waals surface area contributed by atoms with E-state index in [-0.39, 0.29) is 5.78 Å². The van der Waals surface area contributed by atoms with Gasteiger partial charge in [-0.1, -0.05) is 18.2 Å². The first-order chi connectivity index (χ1) is 7.00. The molecule has 2 heteroatoms. The molecule has 0 amide bonds. The summed E-state index contributed by atoms with van der Waals surface area (Å²) in [6, 6.07) is 6.01. The standard InChI is InChI=1S/C13H17NO/c1-9-5-4-6-12(11(9)3)8-13(15)7-10(2)14/h4-7H,8,14H2,1-3H3/b10-7-. The first-order valence-corrected chi connectivity index (χ1v) is 5.02. The number of ketones is 1. The zero-order valence-electron chi connectivity index (χ0n) is 9.50. The largest absolute Gasteiger partial charge is 0.402 e. The Morgan fingerprint density at radius 2 is 2.07 bits per heavy atom. The summed E-state index contributed by atoms with van der Waals surface area (Å²) in [4.78, 5) is 11.5. The molecule has 0 aliphatic rings. The van der Waals surface area contributed by atoms with Gasteiger partial charge in [-0.15, -0.1) is 0 Å². The fourth-order valence-corrected chi connectivity index (χ4v) is 1.50. The van der Waals surface area contributed by atoms with Gasteiger partial charge in [0.1, 0.15) is 0 Å². The lowest BCUT2D eigenvalue weighted by Gasteiger charge is -2.06. The molecule has 80 valence electrons. The molecule has 2 N–H and O–H groups in total. The van der Waals surface area contributed by atoms with Crippen LogP contribution in [0.15, 0.2) is 30.0 Å². The molecule has 0 unspecified atom stereocenters. The summed E-state index contributed by atoms with van der Waals surface area (Å²) in [5.74, 6) is 0.0590. The molecule has 1 aromatic carbocycles. The van der Waals surface area contributed by atoms with Crippen molar-refractivity contribution in [2.45, 2.75) is 27.2 Å². The minimum atomic E-state index is 0.0590. The highest BCUT2D eigenvalue weighted by atomic mass is 16.1. The van der Waals surface area contributed by atoms with Crippen molar-refractivity contribution in [2.24, 2.45) is 5.73 Å². The summed E-state index contributed by atoms with van der Waals surface area (Å²) in [5.41, 5.74) is 9.50. The van der Waals surface area contributed by atoms with Gasteiger partial charge in [0, 0.05) is 12.1 Å². The molecule has 1 aromatic rings. The predicted molar refractivity (Wildman–Crippen MR) is 62.6 cm³/mol. The van der Waals surface area contributed by atoms with Gasteiger partial charge in [-0.2, -0.15) is 0 Å². The van der Waals surface area contributed by atoms with E-state index >= 15 is 0 Å². The quantitative estimate of drug-likeness (QED) is 0.766. The minimum Gasteiger partial charge on any atom is -0.402 e. The van der Waals surface area contributed by atoms with E-state index in [0.717, 1.165) is 5.56 Å². The number of hydrogen-bond donors (Lipinski definition) is 1. The maximum absolute atomic E-state index is 11.5. The first-order valence-electron chi connectivity index (χ1n) is 5.02. The molecule has 1 rings (SSSR count). The molecule has 0 saturated carbocycles. The smallest absolute Gasteiger partial charge is 0.161 e. The average Bonchev–Trinajstić information content (AvgIpc) is 2.11. The maximum Gasteiger partial charge on any atom is 0.161 e. The molecular weight excluding hydrogens is 186 g/mol. The zero-order valence-corrected chi connectivity index (χ0v) is 9.50. The Morgan fingerprint density at radius 3 is 2.67 bits per heavy atom. The number of carbonyl (C=O) groups is 1. The van der Waals surface area contributed by atoms with Crippen molar-refractivity contribution in [3.05, 3.63) is 46.7 Å². The number of nitrogens with two attached hydrogens (primary N) is 1. The van der Waals surface area contributed by atoms with E-state index in [1.54, 1.807) is 6.92 Å². The first kappa shape index (κ1) is 11.5. The van der Waals surface area contributed by atoms with Crippen molar-refractivity contribution in [1.82, 2.24) is 0 Å². The van der Waals surface area contributed by atoms with E-state index in [4.69, 9.17) is 5.73 Å². The highest BCUT2D eigenvalue weighted by Crippen LogP contribution is 2.13. The summed E-state index contributed by atoms with van der Waals surface area (Å²) in [6.07, 6.45) is 1.92. The number of allylic oxidation sites excluding steroid dienone is 2. The van der Waals surface area contributed by atoms with E-state index in [0.29, 0.717) is 12.1 Å². The van der Waals surface area contributed by atoms with Crippen LogP contribution in [0.5, 0.6) is 0 Å². The lowest BCUT2D eigenvalue weighted by Crippen LogP contribution is -2.04. The van der Waals surface area contributed by atoms with Crippen molar-refractivity contribution in [3.8, 4) is 0 Å². The third kappa shape index (κ3) is 3.24. The van der Waals surface area contributed by atoms with Gasteiger partial charge in [-0.05, 0) is 43.5 Å². The Bertz CT molecular complexity index is 401. The second kappa shape index (κ2) is 4.78. The normalized spacial score (nSPS) is 11.5. The van der Waals surface area contributed by atoms with Crippen LogP contribution in [0.3, 0.4) is 0 Å². The summed E-state index contributed by atoms with van der Waals surface area (Å²) >= 11 is 0. The molecule has 0 aliphatic heterocycles. The molecule has 0 fully saturated rings. The second-order valence-electron chi connectivity index (χ2n) is 3.89. The second-order valence-corrected chi connectivity index (χ2v) is 3.89. The van der Waals surface area contributed by atoms with Gasteiger partial charge >= 0.3 is 0 Å². The molecular formula is C13H17NO. The van der Waals surface area contributed by atoms with Crippen LogP contribution in [0.2, 0.25) is 0 Å². The Balaban J connectivity index is 2.86. The van der Waals surface area contributed by atoms with Gasteiger partial charge in [-0.25, -0.2) is 0 Å². The topological polar surface area (TPSA) is 43.1 Å². The molecule has 0 radical (unpaired) electrons. The number of carbonyl (C=O) groups excluding carboxylic acids is 1. The van der Waals surface area contributed by atoms with Gasteiger partial charge < -0.3 is 5.73 Å². The summed E-state index contributed by atoms with van der Waals surface area (Å²) in [5, 5.41) is 0. The summed E-state index contributed by atoms with van der Waals surface area (Å²) < 4.78 is 0. The molecule has 0 atom stereocenters. The Morgan fingerprint density at radius 1 is 1.40 bits per heavy atom. The van der Waals surface area contributed by atoms with Crippen LogP contribution in [0, 0.1) is 13.8 Å². The van der Waals surface area contributed by atoms with Crippen LogP contribution in [0.4, 0.5) is 0 Å². The molecule has 0 spiro atoms. The van der Waals surface area contributed by atoms with Crippen molar-refractivity contribution >= 4 is 5.78 Å². The van der Waals surface area contributed by atoms with Crippen LogP contribution >= 0.6 is 0 Å².